The Morgan fingerprint density at radius 3 is 2.76 bits per heavy atom. The average molecular weight is 390 g/mol. The average Bonchev–Trinajstić information content (AvgIpc) is 3.18. The van der Waals surface area contributed by atoms with E-state index in [1.54, 1.807) is 6.20 Å². The first-order valence-corrected chi connectivity index (χ1v) is 10.4. The van der Waals surface area contributed by atoms with E-state index in [9.17, 15) is 5.26 Å². The molecule has 1 aromatic carbocycles. The molecule has 1 aliphatic heterocycles. The molecule has 0 atom stereocenters. The van der Waals surface area contributed by atoms with E-state index in [2.05, 4.69) is 41.6 Å². The summed E-state index contributed by atoms with van der Waals surface area (Å²) in [7, 11) is 0. The molecule has 3 aromatic rings. The highest BCUT2D eigenvalue weighted by Gasteiger charge is 2.21. The second-order valence-electron chi connectivity index (χ2n) is 7.72. The number of benzene rings is 1. The molecular weight excluding hydrogens is 362 g/mol. The third-order valence-electron chi connectivity index (χ3n) is 5.46. The highest BCUT2D eigenvalue weighted by atomic mass is 16.5. The molecule has 0 unspecified atom stereocenters. The molecule has 0 aliphatic carbocycles. The molecule has 150 valence electrons. The Balaban J connectivity index is 1.93. The molecule has 3 heterocycles. The van der Waals surface area contributed by atoms with E-state index in [0.717, 1.165) is 72.4 Å². The van der Waals surface area contributed by atoms with Gasteiger partial charge in [0.1, 0.15) is 11.8 Å². The zero-order chi connectivity index (χ0) is 20.4. The van der Waals surface area contributed by atoms with Crippen molar-refractivity contribution in [1.82, 2.24) is 14.4 Å². The summed E-state index contributed by atoms with van der Waals surface area (Å²) < 4.78 is 7.90. The highest BCUT2D eigenvalue weighted by Crippen LogP contribution is 2.32. The van der Waals surface area contributed by atoms with E-state index >= 15 is 0 Å². The van der Waals surface area contributed by atoms with Crippen LogP contribution in [0.2, 0.25) is 0 Å². The number of nitriles is 1. The summed E-state index contributed by atoms with van der Waals surface area (Å²) in [5, 5.41) is 10.4. The number of unbranched alkanes of at least 4 members (excludes halogenated alkanes) is 1. The Morgan fingerprint density at radius 2 is 2.03 bits per heavy atom. The van der Waals surface area contributed by atoms with E-state index in [0.29, 0.717) is 18.1 Å². The molecule has 2 aromatic heterocycles. The number of hydrogen-bond donors (Lipinski definition) is 0. The van der Waals surface area contributed by atoms with Crippen LogP contribution in [0.3, 0.4) is 0 Å². The number of aromatic nitrogens is 3. The number of fused-ring (bicyclic) bond motifs is 3. The van der Waals surface area contributed by atoms with Crippen molar-refractivity contribution in [1.29, 1.82) is 5.26 Å². The molecule has 0 amide bonds. The summed E-state index contributed by atoms with van der Waals surface area (Å²) in [6.07, 6.45) is 7.40. The van der Waals surface area contributed by atoms with Crippen LogP contribution in [-0.2, 0) is 4.74 Å². The lowest BCUT2D eigenvalue weighted by Gasteiger charge is -2.28. The lowest BCUT2D eigenvalue weighted by atomic mass is 10.1. The van der Waals surface area contributed by atoms with Gasteiger partial charge in [-0.3, -0.25) is 4.40 Å². The molecule has 1 saturated heterocycles. The maximum absolute atomic E-state index is 9.44. The number of aryl methyl sites for hydroxylation is 1. The normalized spacial score (nSPS) is 14.3. The van der Waals surface area contributed by atoms with E-state index in [1.165, 1.54) is 6.42 Å². The van der Waals surface area contributed by atoms with Gasteiger partial charge in [0.2, 0.25) is 5.95 Å². The second kappa shape index (κ2) is 8.12. The first-order valence-electron chi connectivity index (χ1n) is 10.4. The zero-order valence-electron chi connectivity index (χ0n) is 17.2. The van der Waals surface area contributed by atoms with Gasteiger partial charge in [-0.05, 0) is 50.3 Å². The van der Waals surface area contributed by atoms with Crippen LogP contribution in [0.1, 0.15) is 55.8 Å². The summed E-state index contributed by atoms with van der Waals surface area (Å²) in [4.78, 5) is 12.0. The van der Waals surface area contributed by atoms with Crippen LogP contribution >= 0.6 is 0 Å². The Bertz CT molecular complexity index is 1100. The number of anilines is 1. The number of piperidine rings is 1. The van der Waals surface area contributed by atoms with Crippen LogP contribution < -0.4 is 4.90 Å². The van der Waals surface area contributed by atoms with Gasteiger partial charge in [-0.1, -0.05) is 19.9 Å². The first-order chi connectivity index (χ1) is 14.1. The van der Waals surface area contributed by atoms with Gasteiger partial charge in [-0.15, -0.1) is 0 Å². The molecule has 1 fully saturated rings. The fourth-order valence-corrected chi connectivity index (χ4v) is 3.95. The van der Waals surface area contributed by atoms with Crippen LogP contribution in [0.4, 0.5) is 5.95 Å². The third-order valence-corrected chi connectivity index (χ3v) is 5.46. The minimum absolute atomic E-state index is 0.402. The van der Waals surface area contributed by atoms with E-state index < -0.39 is 0 Å². The lowest BCUT2D eigenvalue weighted by molar-refractivity contribution is 0.271. The molecular formula is C23H27N5O. The van der Waals surface area contributed by atoms with Crippen molar-refractivity contribution in [2.45, 2.75) is 46.0 Å². The van der Waals surface area contributed by atoms with Gasteiger partial charge < -0.3 is 9.64 Å². The van der Waals surface area contributed by atoms with Crippen molar-refractivity contribution >= 4 is 28.3 Å². The number of hydrogen-bond acceptors (Lipinski definition) is 5. The van der Waals surface area contributed by atoms with E-state index in [4.69, 9.17) is 9.72 Å². The van der Waals surface area contributed by atoms with Crippen molar-refractivity contribution in [3.63, 3.8) is 0 Å². The SMILES string of the molecule is C=C(OCCCC)c1cc(C)cc2c1nc(N1CCCCC1)n1cc(C#N)nc21. The Kier molecular flexibility index (Phi) is 5.39. The summed E-state index contributed by atoms with van der Waals surface area (Å²) >= 11 is 0. The van der Waals surface area contributed by atoms with Gasteiger partial charge in [-0.25, -0.2) is 9.97 Å². The standard InChI is InChI=1S/C23H27N5O/c1-4-5-11-29-17(3)19-12-16(2)13-20-21(19)26-23(27-9-7-6-8-10-27)28-15-18(14-24)25-22(20)28/h12-13,15H,3-11H2,1-2H3. The van der Waals surface area contributed by atoms with Crippen LogP contribution in [0, 0.1) is 18.3 Å². The van der Waals surface area contributed by atoms with Crippen molar-refractivity contribution in [3.05, 3.63) is 41.7 Å². The Labute approximate surface area is 171 Å². The molecule has 0 radical (unpaired) electrons. The van der Waals surface area contributed by atoms with Gasteiger partial charge in [-0.2, -0.15) is 5.26 Å². The third kappa shape index (κ3) is 3.65. The van der Waals surface area contributed by atoms with Crippen molar-refractivity contribution in [2.75, 3.05) is 24.6 Å². The summed E-state index contributed by atoms with van der Waals surface area (Å²) in [5.74, 6) is 1.48. The summed E-state index contributed by atoms with van der Waals surface area (Å²) in [6.45, 7) is 10.9. The largest absolute Gasteiger partial charge is 0.494 e. The van der Waals surface area contributed by atoms with Crippen LogP contribution in [0.15, 0.2) is 24.9 Å². The minimum atomic E-state index is 0.402. The monoisotopic (exact) mass is 389 g/mol. The molecule has 0 saturated carbocycles. The number of rotatable bonds is 6. The molecule has 1 aliphatic rings. The van der Waals surface area contributed by atoms with Crippen LogP contribution in [-0.4, -0.2) is 34.1 Å². The molecule has 4 rings (SSSR count). The number of nitrogens with zero attached hydrogens (tertiary/aromatic N) is 5. The van der Waals surface area contributed by atoms with E-state index in [-0.39, 0.29) is 0 Å². The predicted molar refractivity (Wildman–Crippen MR) is 116 cm³/mol. The van der Waals surface area contributed by atoms with E-state index in [1.807, 2.05) is 11.3 Å². The maximum atomic E-state index is 9.44. The fourth-order valence-electron chi connectivity index (χ4n) is 3.95. The maximum Gasteiger partial charge on any atom is 0.211 e. The van der Waals surface area contributed by atoms with Crippen LogP contribution in [0.25, 0.3) is 22.3 Å². The molecule has 29 heavy (non-hydrogen) atoms. The predicted octanol–water partition coefficient (Wildman–Crippen LogP) is 4.84. The fraction of sp³-hybridized carbons (Fsp3) is 0.435. The summed E-state index contributed by atoms with van der Waals surface area (Å²) in [6, 6.07) is 6.33. The second-order valence-corrected chi connectivity index (χ2v) is 7.72. The van der Waals surface area contributed by atoms with Crippen molar-refractivity contribution < 1.29 is 4.74 Å². The molecule has 6 heteroatoms. The first kappa shape index (κ1) is 19.3. The molecule has 6 nitrogen and oxygen atoms in total. The highest BCUT2D eigenvalue weighted by molar-refractivity contribution is 5.99. The van der Waals surface area contributed by atoms with Gasteiger partial charge in [0, 0.05) is 24.0 Å². The number of ether oxygens (including phenoxy) is 1. The molecule has 0 N–H and O–H groups in total. The smallest absolute Gasteiger partial charge is 0.211 e. The van der Waals surface area contributed by atoms with Gasteiger partial charge in [0.15, 0.2) is 11.3 Å². The molecule has 0 bridgehead atoms. The zero-order valence-corrected chi connectivity index (χ0v) is 17.2. The quantitative estimate of drug-likeness (QED) is 0.446. The number of imidazole rings is 1. The van der Waals surface area contributed by atoms with Crippen LogP contribution in [0.5, 0.6) is 0 Å². The Hall–Kier alpha value is -3.07. The minimum Gasteiger partial charge on any atom is -0.494 e. The van der Waals surface area contributed by atoms with Gasteiger partial charge >= 0.3 is 0 Å². The summed E-state index contributed by atoms with van der Waals surface area (Å²) in [5.41, 5.74) is 3.99. The lowest BCUT2D eigenvalue weighted by Crippen LogP contribution is -2.31. The Morgan fingerprint density at radius 1 is 1.24 bits per heavy atom. The van der Waals surface area contributed by atoms with Crippen molar-refractivity contribution in [2.24, 2.45) is 0 Å². The topological polar surface area (TPSA) is 66.5 Å². The van der Waals surface area contributed by atoms with Crippen molar-refractivity contribution in [3.8, 4) is 6.07 Å². The van der Waals surface area contributed by atoms with Gasteiger partial charge in [0.05, 0.1) is 18.3 Å². The van der Waals surface area contributed by atoms with Gasteiger partial charge in [0.25, 0.3) is 0 Å². The molecule has 0 spiro atoms.